The minimum absolute atomic E-state index is 0.0283. The van der Waals surface area contributed by atoms with Crippen LogP contribution in [0, 0.1) is 5.92 Å². The smallest absolute Gasteiger partial charge is 0.308 e. The maximum absolute atomic E-state index is 11.4. The lowest BCUT2D eigenvalue weighted by atomic mass is 9.96. The summed E-state index contributed by atoms with van der Waals surface area (Å²) in [6.45, 7) is 13.3. The van der Waals surface area contributed by atoms with Gasteiger partial charge in [-0.05, 0) is 76.5 Å². The molecular formula is C32H42N2O5S2. The summed E-state index contributed by atoms with van der Waals surface area (Å²) in [6.07, 6.45) is 3.60. The maximum atomic E-state index is 11.4. The van der Waals surface area contributed by atoms with Gasteiger partial charge < -0.3 is 9.57 Å². The zero-order chi connectivity index (χ0) is 30.2. The number of carbonyl (C=O) groups excluding carboxylic acids is 1. The lowest BCUT2D eigenvalue weighted by molar-refractivity contribution is -0.156. The molecule has 0 radical (unpaired) electrons. The quantitative estimate of drug-likeness (QED) is 0.184. The third kappa shape index (κ3) is 9.51. The van der Waals surface area contributed by atoms with Crippen LogP contribution in [-0.2, 0) is 24.4 Å². The van der Waals surface area contributed by atoms with Crippen molar-refractivity contribution < 1.29 is 22.8 Å². The van der Waals surface area contributed by atoms with E-state index in [9.17, 15) is 13.2 Å². The molecule has 1 aromatic heterocycles. The molecule has 7 nitrogen and oxygen atoms in total. The Labute approximate surface area is 249 Å². The van der Waals surface area contributed by atoms with E-state index < -0.39 is 10.0 Å². The fourth-order valence-electron chi connectivity index (χ4n) is 3.85. The molecule has 0 aliphatic heterocycles. The summed E-state index contributed by atoms with van der Waals surface area (Å²) in [5.41, 5.74) is 5.41. The Morgan fingerprint density at radius 2 is 1.44 bits per heavy atom. The van der Waals surface area contributed by atoms with Gasteiger partial charge in [0.05, 0.1) is 5.92 Å². The number of sulfonamides is 1. The molecule has 9 heteroatoms. The molecule has 1 heterocycles. The molecule has 0 amide bonds. The summed E-state index contributed by atoms with van der Waals surface area (Å²) in [6, 6.07) is 19.9. The normalized spacial score (nSPS) is 14.1. The van der Waals surface area contributed by atoms with E-state index >= 15 is 0 Å². The standard InChI is InChI=1S/C17H17NO.C8H14O2.C7H11NO2S2/c1-17(2,3)19-18-16-14-10-6-4-8-12(14)13-9-5-7-11-15(13)16;1-6(2)8(9)10-7-4-3-5-7;1-6(2)8-12(9,10)7-4-3-5-11-7/h4-11H,1-3H3;6-7H,3-5H2,1-2H3;3-6,8H,1-2H3. The first-order chi connectivity index (χ1) is 19.3. The zero-order valence-electron chi connectivity index (χ0n) is 25.0. The van der Waals surface area contributed by atoms with Crippen molar-refractivity contribution in [3.05, 3.63) is 77.2 Å². The Kier molecular flexibility index (Phi) is 11.3. The fraction of sp³-hybridized carbons (Fsp3) is 0.438. The van der Waals surface area contributed by atoms with Gasteiger partial charge in [-0.15, -0.1) is 11.3 Å². The van der Waals surface area contributed by atoms with Gasteiger partial charge in [0.25, 0.3) is 0 Å². The van der Waals surface area contributed by atoms with E-state index in [0.717, 1.165) is 29.7 Å². The van der Waals surface area contributed by atoms with Crippen molar-refractivity contribution in [1.29, 1.82) is 0 Å². The molecular weight excluding hydrogens is 556 g/mol. The lowest BCUT2D eigenvalue weighted by Crippen LogP contribution is -2.29. The molecule has 1 saturated carbocycles. The second-order valence-electron chi connectivity index (χ2n) is 11.6. The minimum atomic E-state index is -3.25. The Bertz CT molecular complexity index is 1370. The van der Waals surface area contributed by atoms with Crippen LogP contribution in [0.15, 0.2) is 75.4 Å². The van der Waals surface area contributed by atoms with Gasteiger partial charge in [-0.2, -0.15) is 0 Å². The van der Waals surface area contributed by atoms with Crippen molar-refractivity contribution in [2.45, 2.75) is 89.7 Å². The monoisotopic (exact) mass is 598 g/mol. The molecule has 2 aliphatic rings. The van der Waals surface area contributed by atoms with Crippen LogP contribution in [0.5, 0.6) is 0 Å². The van der Waals surface area contributed by atoms with E-state index in [0.29, 0.717) is 4.21 Å². The van der Waals surface area contributed by atoms with E-state index in [2.05, 4.69) is 46.3 Å². The summed E-state index contributed by atoms with van der Waals surface area (Å²) in [5.74, 6) is -0.0229. The van der Waals surface area contributed by atoms with Crippen molar-refractivity contribution in [3.8, 4) is 11.1 Å². The third-order valence-corrected chi connectivity index (χ3v) is 9.08. The predicted octanol–water partition coefficient (Wildman–Crippen LogP) is 7.41. The molecule has 41 heavy (non-hydrogen) atoms. The van der Waals surface area contributed by atoms with Crippen LogP contribution in [0.25, 0.3) is 11.1 Å². The van der Waals surface area contributed by atoms with Gasteiger partial charge in [-0.3, -0.25) is 4.79 Å². The predicted molar refractivity (Wildman–Crippen MR) is 167 cm³/mol. The molecule has 2 aromatic carbocycles. The molecule has 1 fully saturated rings. The van der Waals surface area contributed by atoms with Gasteiger partial charge in [0.15, 0.2) is 0 Å². The van der Waals surface area contributed by atoms with Crippen LogP contribution in [0.1, 0.15) is 78.9 Å². The van der Waals surface area contributed by atoms with Crippen LogP contribution < -0.4 is 4.72 Å². The summed E-state index contributed by atoms with van der Waals surface area (Å²) < 4.78 is 30.8. The first kappa shape index (κ1) is 32.5. The van der Waals surface area contributed by atoms with Crippen molar-refractivity contribution in [2.75, 3.05) is 0 Å². The van der Waals surface area contributed by atoms with E-state index in [1.54, 1.807) is 31.4 Å². The average Bonchev–Trinajstić information content (AvgIpc) is 3.52. The minimum Gasteiger partial charge on any atom is -0.462 e. The highest BCUT2D eigenvalue weighted by Gasteiger charge is 2.25. The number of nitrogens with one attached hydrogen (secondary N) is 1. The largest absolute Gasteiger partial charge is 0.462 e. The summed E-state index contributed by atoms with van der Waals surface area (Å²) in [5, 5.41) is 6.14. The van der Waals surface area contributed by atoms with Gasteiger partial charge in [0.2, 0.25) is 10.0 Å². The van der Waals surface area contributed by atoms with Crippen LogP contribution in [0.4, 0.5) is 0 Å². The van der Waals surface area contributed by atoms with Crippen molar-refractivity contribution in [2.24, 2.45) is 11.1 Å². The van der Waals surface area contributed by atoms with Gasteiger partial charge in [0.1, 0.15) is 21.6 Å². The SMILES string of the molecule is CC(C)(C)ON=C1c2ccccc2-c2ccccc21.CC(C)C(=O)OC1CCC1.CC(C)NS(=O)(=O)c1cccs1. The highest BCUT2D eigenvalue weighted by molar-refractivity contribution is 7.91. The Balaban J connectivity index is 0.000000182. The number of benzene rings is 2. The highest BCUT2D eigenvalue weighted by atomic mass is 32.2. The Hall–Kier alpha value is -3.01. The molecule has 0 unspecified atom stereocenters. The van der Waals surface area contributed by atoms with Crippen molar-refractivity contribution in [1.82, 2.24) is 4.72 Å². The number of hydrogen-bond acceptors (Lipinski definition) is 7. The number of nitrogens with zero attached hydrogens (tertiary/aromatic N) is 1. The van der Waals surface area contributed by atoms with Crippen LogP contribution in [0.3, 0.4) is 0 Å². The molecule has 3 aromatic rings. The zero-order valence-corrected chi connectivity index (χ0v) is 26.6. The number of ether oxygens (including phenoxy) is 1. The highest BCUT2D eigenvalue weighted by Crippen LogP contribution is 2.36. The molecule has 0 spiro atoms. The number of rotatable bonds is 6. The van der Waals surface area contributed by atoms with E-state index in [1.165, 1.54) is 28.9 Å². The van der Waals surface area contributed by atoms with Crippen LogP contribution in [0.2, 0.25) is 0 Å². The summed E-state index contributed by atoms with van der Waals surface area (Å²) in [4.78, 5) is 16.5. The lowest BCUT2D eigenvalue weighted by Gasteiger charge is -2.25. The molecule has 0 atom stereocenters. The summed E-state index contributed by atoms with van der Waals surface area (Å²) >= 11 is 1.22. The van der Waals surface area contributed by atoms with Crippen LogP contribution in [-0.4, -0.2) is 37.8 Å². The number of oxime groups is 1. The second kappa shape index (κ2) is 14.2. The average molecular weight is 599 g/mol. The molecule has 0 saturated heterocycles. The fourth-order valence-corrected chi connectivity index (χ4v) is 6.11. The number of fused-ring (bicyclic) bond motifs is 3. The first-order valence-corrected chi connectivity index (χ1v) is 16.4. The maximum Gasteiger partial charge on any atom is 0.308 e. The van der Waals surface area contributed by atoms with Gasteiger partial charge >= 0.3 is 5.97 Å². The van der Waals surface area contributed by atoms with Crippen LogP contribution >= 0.6 is 11.3 Å². The molecule has 0 bridgehead atoms. The molecule has 222 valence electrons. The molecule has 2 aliphatic carbocycles. The van der Waals surface area contributed by atoms with Crippen molar-refractivity contribution >= 4 is 33.0 Å². The third-order valence-electron chi connectivity index (χ3n) is 6.02. The first-order valence-electron chi connectivity index (χ1n) is 14.0. The number of carbonyl (C=O) groups is 1. The van der Waals surface area contributed by atoms with Gasteiger partial charge in [-0.25, -0.2) is 13.1 Å². The number of thiophene rings is 1. The number of hydrogen-bond donors (Lipinski definition) is 1. The van der Waals surface area contributed by atoms with Gasteiger partial charge in [0, 0.05) is 17.2 Å². The van der Waals surface area contributed by atoms with E-state index in [1.807, 2.05) is 46.8 Å². The summed E-state index contributed by atoms with van der Waals surface area (Å²) in [7, 11) is -3.25. The number of esters is 1. The molecule has 5 rings (SSSR count). The van der Waals surface area contributed by atoms with E-state index in [4.69, 9.17) is 9.57 Å². The van der Waals surface area contributed by atoms with Crippen molar-refractivity contribution in [3.63, 3.8) is 0 Å². The molecule has 1 N–H and O–H groups in total. The second-order valence-corrected chi connectivity index (χ2v) is 14.5. The van der Waals surface area contributed by atoms with Gasteiger partial charge in [-0.1, -0.05) is 73.6 Å². The topological polar surface area (TPSA) is 94.1 Å². The van der Waals surface area contributed by atoms with E-state index in [-0.39, 0.29) is 29.6 Å². The Morgan fingerprint density at radius 1 is 0.902 bits per heavy atom. The Morgan fingerprint density at radius 3 is 1.83 bits per heavy atom.